The van der Waals surface area contributed by atoms with Crippen LogP contribution in [0.1, 0.15) is 27.2 Å². The number of likely N-dealkylation sites (N-methyl/N-ethyl adjacent to an activating group) is 1. The number of hydrogen-bond donors (Lipinski definition) is 1. The topological polar surface area (TPSA) is 93.2 Å². The van der Waals surface area contributed by atoms with E-state index in [9.17, 15) is 14.0 Å². The zero-order valence-electron chi connectivity index (χ0n) is 23.9. The molecule has 214 valence electrons. The molecule has 1 N–H and O–H groups in total. The van der Waals surface area contributed by atoms with E-state index < -0.39 is 17.5 Å². The maximum absolute atomic E-state index is 14.7. The summed E-state index contributed by atoms with van der Waals surface area (Å²) in [6.45, 7) is 7.37. The molecule has 1 atom stereocenters. The van der Waals surface area contributed by atoms with Crippen molar-refractivity contribution in [2.75, 3.05) is 52.3 Å². The van der Waals surface area contributed by atoms with Crippen LogP contribution < -0.4 is 19.7 Å². The third-order valence-corrected chi connectivity index (χ3v) is 6.76. The molecule has 3 aromatic rings. The summed E-state index contributed by atoms with van der Waals surface area (Å²) >= 11 is 0. The van der Waals surface area contributed by atoms with Crippen molar-refractivity contribution in [3.8, 4) is 22.8 Å². The number of rotatable bonds is 8. The lowest BCUT2D eigenvalue weighted by Gasteiger charge is -2.24. The van der Waals surface area contributed by atoms with E-state index in [1.165, 1.54) is 18.1 Å². The first-order valence-electron chi connectivity index (χ1n) is 13.3. The van der Waals surface area contributed by atoms with Crippen LogP contribution in [0.25, 0.3) is 22.2 Å². The summed E-state index contributed by atoms with van der Waals surface area (Å²) in [5, 5.41) is 3.39. The van der Waals surface area contributed by atoms with E-state index in [4.69, 9.17) is 19.2 Å². The van der Waals surface area contributed by atoms with Gasteiger partial charge in [0.1, 0.15) is 18.0 Å². The number of amides is 2. The normalized spacial score (nSPS) is 15.2. The number of nitrogens with zero attached hydrogens (tertiary/aromatic N) is 3. The minimum Gasteiger partial charge on any atom is -0.494 e. The summed E-state index contributed by atoms with van der Waals surface area (Å²) in [4.78, 5) is 32.8. The highest BCUT2D eigenvalue weighted by Gasteiger charge is 2.29. The largest absolute Gasteiger partial charge is 0.494 e. The molecule has 0 spiro atoms. The van der Waals surface area contributed by atoms with Crippen LogP contribution in [0, 0.1) is 11.7 Å². The zero-order valence-corrected chi connectivity index (χ0v) is 23.9. The van der Waals surface area contributed by atoms with Gasteiger partial charge in [0.25, 0.3) is 0 Å². The SMILES string of the molecule is CNC(=O)C1CCN(c2cc(-c3ccc(OCCN(C)C(=O)OC(C)(C)C)cc3)nc3cc(OC)c(F)cc23)C1. The lowest BCUT2D eigenvalue weighted by molar-refractivity contribution is -0.123. The summed E-state index contributed by atoms with van der Waals surface area (Å²) in [5.41, 5.74) is 2.42. The second-order valence-corrected chi connectivity index (χ2v) is 10.9. The van der Waals surface area contributed by atoms with Crippen molar-refractivity contribution in [1.82, 2.24) is 15.2 Å². The number of methoxy groups -OCH3 is 1. The van der Waals surface area contributed by atoms with Crippen molar-refractivity contribution in [2.45, 2.75) is 32.8 Å². The molecular weight excluding hydrogens is 515 g/mol. The lowest BCUT2D eigenvalue weighted by Crippen LogP contribution is -2.36. The van der Waals surface area contributed by atoms with Gasteiger partial charge in [0, 0.05) is 49.9 Å². The van der Waals surface area contributed by atoms with Crippen molar-refractivity contribution >= 4 is 28.6 Å². The Bertz CT molecular complexity index is 1370. The molecule has 40 heavy (non-hydrogen) atoms. The van der Waals surface area contributed by atoms with Crippen LogP contribution >= 0.6 is 0 Å². The molecule has 0 bridgehead atoms. The minimum atomic E-state index is -0.557. The molecule has 1 unspecified atom stereocenters. The monoisotopic (exact) mass is 552 g/mol. The molecule has 0 saturated carbocycles. The average molecular weight is 553 g/mol. The van der Waals surface area contributed by atoms with Crippen molar-refractivity contribution in [3.63, 3.8) is 0 Å². The van der Waals surface area contributed by atoms with E-state index in [0.29, 0.717) is 55.0 Å². The Kier molecular flexibility index (Phi) is 8.66. The highest BCUT2D eigenvalue weighted by molar-refractivity contribution is 5.95. The Balaban J connectivity index is 1.54. The van der Waals surface area contributed by atoms with Crippen LogP contribution in [-0.2, 0) is 9.53 Å². The fourth-order valence-corrected chi connectivity index (χ4v) is 4.63. The first-order chi connectivity index (χ1) is 19.0. The molecule has 1 saturated heterocycles. The van der Waals surface area contributed by atoms with Gasteiger partial charge in [-0.15, -0.1) is 0 Å². The number of carbonyl (C=O) groups is 2. The smallest absolute Gasteiger partial charge is 0.410 e. The van der Waals surface area contributed by atoms with Crippen LogP contribution in [0.15, 0.2) is 42.5 Å². The number of benzene rings is 2. The number of fused-ring (bicyclic) bond motifs is 1. The molecular formula is C30H37FN4O5. The lowest BCUT2D eigenvalue weighted by atomic mass is 10.1. The fraction of sp³-hybridized carbons (Fsp3) is 0.433. The Labute approximate surface area is 234 Å². The van der Waals surface area contributed by atoms with Gasteiger partial charge < -0.3 is 29.3 Å². The van der Waals surface area contributed by atoms with Gasteiger partial charge >= 0.3 is 6.09 Å². The first kappa shape index (κ1) is 28.9. The second kappa shape index (κ2) is 12.0. The number of halogens is 1. The second-order valence-electron chi connectivity index (χ2n) is 10.9. The standard InChI is InChI=1S/C30H37FN4O5/c1-30(2,3)40-29(37)34(5)13-14-39-21-9-7-19(8-10-21)24-16-26(35-12-11-20(18-35)28(36)32-4)22-15-23(31)27(38-6)17-25(22)33-24/h7-10,15-17,20H,11-14,18H2,1-6H3,(H,32,36). The molecule has 2 heterocycles. The molecule has 0 radical (unpaired) electrons. The summed E-state index contributed by atoms with van der Waals surface area (Å²) in [7, 11) is 4.73. The number of hydrogen-bond acceptors (Lipinski definition) is 7. The van der Waals surface area contributed by atoms with Gasteiger partial charge in [0.05, 0.1) is 30.8 Å². The third kappa shape index (κ3) is 6.73. The van der Waals surface area contributed by atoms with Crippen molar-refractivity contribution in [2.24, 2.45) is 5.92 Å². The fourth-order valence-electron chi connectivity index (χ4n) is 4.63. The van der Waals surface area contributed by atoms with Gasteiger partial charge in [0.15, 0.2) is 11.6 Å². The number of pyridine rings is 1. The first-order valence-corrected chi connectivity index (χ1v) is 13.3. The number of nitrogens with one attached hydrogen (secondary N) is 1. The minimum absolute atomic E-state index is 0.00168. The van der Waals surface area contributed by atoms with Gasteiger partial charge in [0.2, 0.25) is 5.91 Å². The molecule has 10 heteroatoms. The van der Waals surface area contributed by atoms with Crippen LogP contribution in [0.5, 0.6) is 11.5 Å². The van der Waals surface area contributed by atoms with E-state index in [1.54, 1.807) is 20.2 Å². The Hall–Kier alpha value is -4.08. The maximum Gasteiger partial charge on any atom is 0.410 e. The zero-order chi connectivity index (χ0) is 29.0. The predicted octanol–water partition coefficient (Wildman–Crippen LogP) is 4.87. The van der Waals surface area contributed by atoms with Crippen LogP contribution in [-0.4, -0.2) is 74.9 Å². The van der Waals surface area contributed by atoms with Crippen molar-refractivity contribution in [1.29, 1.82) is 0 Å². The number of anilines is 1. The molecule has 4 rings (SSSR count). The molecule has 0 aliphatic carbocycles. The molecule has 2 amide bonds. The maximum atomic E-state index is 14.7. The van der Waals surface area contributed by atoms with Gasteiger partial charge in [-0.05, 0) is 63.6 Å². The van der Waals surface area contributed by atoms with E-state index in [-0.39, 0.29) is 17.6 Å². The van der Waals surface area contributed by atoms with Crippen LogP contribution in [0.3, 0.4) is 0 Å². The molecule has 1 fully saturated rings. The summed E-state index contributed by atoms with van der Waals surface area (Å²) in [5.74, 6) is 0.172. The summed E-state index contributed by atoms with van der Waals surface area (Å²) in [6.07, 6.45) is 0.313. The molecule has 1 aromatic heterocycles. The van der Waals surface area contributed by atoms with E-state index in [0.717, 1.165) is 11.3 Å². The molecule has 9 nitrogen and oxygen atoms in total. The average Bonchev–Trinajstić information content (AvgIpc) is 3.41. The number of aromatic nitrogens is 1. The van der Waals surface area contributed by atoms with E-state index >= 15 is 0 Å². The molecule has 1 aliphatic rings. The van der Waals surface area contributed by atoms with Crippen LogP contribution in [0.2, 0.25) is 0 Å². The van der Waals surface area contributed by atoms with E-state index in [2.05, 4.69) is 10.2 Å². The molecule has 2 aromatic carbocycles. The van der Waals surface area contributed by atoms with Crippen molar-refractivity contribution in [3.05, 3.63) is 48.3 Å². The summed E-state index contributed by atoms with van der Waals surface area (Å²) in [6, 6.07) is 12.5. The molecule has 1 aliphatic heterocycles. The third-order valence-electron chi connectivity index (χ3n) is 6.76. The Morgan fingerprint density at radius 3 is 2.55 bits per heavy atom. The highest BCUT2D eigenvalue weighted by Crippen LogP contribution is 2.37. The van der Waals surface area contributed by atoms with Gasteiger partial charge in [-0.3, -0.25) is 4.79 Å². The van der Waals surface area contributed by atoms with Gasteiger partial charge in [-0.25, -0.2) is 14.2 Å². The van der Waals surface area contributed by atoms with Gasteiger partial charge in [-0.2, -0.15) is 0 Å². The number of ether oxygens (including phenoxy) is 3. The quantitative estimate of drug-likeness (QED) is 0.426. The highest BCUT2D eigenvalue weighted by atomic mass is 19.1. The Morgan fingerprint density at radius 1 is 1.18 bits per heavy atom. The summed E-state index contributed by atoms with van der Waals surface area (Å²) < 4.78 is 31.1. The predicted molar refractivity (Wildman–Crippen MR) is 152 cm³/mol. The van der Waals surface area contributed by atoms with Crippen molar-refractivity contribution < 1.29 is 28.2 Å². The van der Waals surface area contributed by atoms with Gasteiger partial charge in [-0.1, -0.05) is 0 Å². The number of carbonyl (C=O) groups excluding carboxylic acids is 2. The Morgan fingerprint density at radius 2 is 1.90 bits per heavy atom. The van der Waals surface area contributed by atoms with Crippen LogP contribution in [0.4, 0.5) is 14.9 Å². The van der Waals surface area contributed by atoms with E-state index in [1.807, 2.05) is 51.1 Å².